The number of halogens is 3. The van der Waals surface area contributed by atoms with Crippen LogP contribution in [0.2, 0.25) is 0 Å². The highest BCUT2D eigenvalue weighted by Gasteiger charge is 2.42. The third-order valence-electron chi connectivity index (χ3n) is 4.22. The fourth-order valence-corrected chi connectivity index (χ4v) is 4.28. The van der Waals surface area contributed by atoms with E-state index in [0.717, 1.165) is 0 Å². The number of rotatable bonds is 3. The van der Waals surface area contributed by atoms with Gasteiger partial charge in [-0.15, -0.1) is 0 Å². The Labute approximate surface area is 126 Å². The first kappa shape index (κ1) is 15.7. The topological polar surface area (TPSA) is 18.5 Å². The molecule has 5 unspecified atom stereocenters. The molecule has 1 aliphatic heterocycles. The summed E-state index contributed by atoms with van der Waals surface area (Å²) >= 11 is 3.47. The Hall–Kier alpha value is -0.680. The molecule has 0 spiro atoms. The van der Waals surface area contributed by atoms with Gasteiger partial charge in [0, 0.05) is 23.6 Å². The minimum atomic E-state index is -0.595. The van der Waals surface area contributed by atoms with Crippen LogP contribution in [0.5, 0.6) is 5.75 Å². The molecule has 0 radical (unpaired) electrons. The average molecular weight is 349 g/mol. The van der Waals surface area contributed by atoms with E-state index in [1.54, 1.807) is 0 Å². The molecule has 1 aliphatic rings. The number of ether oxygens (including phenoxy) is 2. The SMILES string of the molecule is COc1cc(F)c(C(Br)C2C(C)OC(C)C2C)c(F)c1. The number of alkyl halides is 1. The molecule has 0 N–H and O–H groups in total. The predicted octanol–water partition coefficient (Wildman–Crippen LogP) is 4.47. The molecular formula is C15H19BrF2O2. The van der Waals surface area contributed by atoms with Gasteiger partial charge in [-0.1, -0.05) is 22.9 Å². The summed E-state index contributed by atoms with van der Waals surface area (Å²) in [5.74, 6) is -0.774. The first-order valence-electron chi connectivity index (χ1n) is 6.69. The van der Waals surface area contributed by atoms with Crippen molar-refractivity contribution in [1.82, 2.24) is 0 Å². The van der Waals surface area contributed by atoms with Crippen molar-refractivity contribution in [3.05, 3.63) is 29.3 Å². The Balaban J connectivity index is 2.36. The van der Waals surface area contributed by atoms with E-state index in [9.17, 15) is 8.78 Å². The first-order valence-corrected chi connectivity index (χ1v) is 7.60. The summed E-state index contributed by atoms with van der Waals surface area (Å²) in [6, 6.07) is 2.42. The average Bonchev–Trinajstić information content (AvgIpc) is 2.62. The lowest BCUT2D eigenvalue weighted by Crippen LogP contribution is -2.23. The van der Waals surface area contributed by atoms with E-state index in [4.69, 9.17) is 9.47 Å². The molecule has 0 bridgehead atoms. The van der Waals surface area contributed by atoms with Crippen molar-refractivity contribution in [1.29, 1.82) is 0 Å². The van der Waals surface area contributed by atoms with Gasteiger partial charge in [-0.05, 0) is 19.8 Å². The highest BCUT2D eigenvalue weighted by Crippen LogP contribution is 2.46. The second kappa shape index (κ2) is 5.98. The lowest BCUT2D eigenvalue weighted by atomic mass is 9.84. The van der Waals surface area contributed by atoms with E-state index in [1.165, 1.54) is 19.2 Å². The van der Waals surface area contributed by atoms with Crippen molar-refractivity contribution in [2.24, 2.45) is 11.8 Å². The summed E-state index contributed by atoms with van der Waals surface area (Å²) in [4.78, 5) is -0.427. The molecular weight excluding hydrogens is 330 g/mol. The van der Waals surface area contributed by atoms with Gasteiger partial charge in [0.2, 0.25) is 0 Å². The van der Waals surface area contributed by atoms with Crippen LogP contribution in [0.3, 0.4) is 0 Å². The quantitative estimate of drug-likeness (QED) is 0.750. The lowest BCUT2D eigenvalue weighted by molar-refractivity contribution is 0.0510. The van der Waals surface area contributed by atoms with Crippen LogP contribution in [-0.2, 0) is 4.74 Å². The number of hydrogen-bond acceptors (Lipinski definition) is 2. The van der Waals surface area contributed by atoms with E-state index in [1.807, 2.05) is 20.8 Å². The molecule has 5 heteroatoms. The van der Waals surface area contributed by atoms with Crippen LogP contribution in [0, 0.1) is 23.5 Å². The van der Waals surface area contributed by atoms with Gasteiger partial charge in [0.25, 0.3) is 0 Å². The molecule has 1 fully saturated rings. The van der Waals surface area contributed by atoms with Gasteiger partial charge >= 0.3 is 0 Å². The van der Waals surface area contributed by atoms with Gasteiger partial charge in [-0.3, -0.25) is 0 Å². The first-order chi connectivity index (χ1) is 9.36. The Kier molecular flexibility index (Phi) is 4.69. The van der Waals surface area contributed by atoms with Crippen LogP contribution in [0.25, 0.3) is 0 Å². The molecule has 2 nitrogen and oxygen atoms in total. The fraction of sp³-hybridized carbons (Fsp3) is 0.600. The molecule has 1 aromatic carbocycles. The van der Waals surface area contributed by atoms with Gasteiger partial charge < -0.3 is 9.47 Å². The van der Waals surface area contributed by atoms with Crippen molar-refractivity contribution < 1.29 is 18.3 Å². The maximum atomic E-state index is 14.2. The van der Waals surface area contributed by atoms with Crippen molar-refractivity contribution in [3.63, 3.8) is 0 Å². The van der Waals surface area contributed by atoms with Crippen molar-refractivity contribution in [2.45, 2.75) is 37.8 Å². The summed E-state index contributed by atoms with van der Waals surface area (Å²) in [6.07, 6.45) is 0.0321. The third-order valence-corrected chi connectivity index (χ3v) is 5.29. The molecule has 1 heterocycles. The lowest BCUT2D eigenvalue weighted by Gasteiger charge is -2.25. The van der Waals surface area contributed by atoms with Gasteiger partial charge in [-0.25, -0.2) is 8.78 Å². The predicted molar refractivity (Wildman–Crippen MR) is 77.2 cm³/mol. The summed E-state index contributed by atoms with van der Waals surface area (Å²) < 4.78 is 39.0. The third kappa shape index (κ3) is 2.70. The number of methoxy groups -OCH3 is 1. The maximum absolute atomic E-state index is 14.2. The molecule has 0 aliphatic carbocycles. The van der Waals surface area contributed by atoms with Crippen LogP contribution >= 0.6 is 15.9 Å². The minimum absolute atomic E-state index is 0.0161. The monoisotopic (exact) mass is 348 g/mol. The molecule has 1 saturated heterocycles. The fourth-order valence-electron chi connectivity index (χ4n) is 2.93. The maximum Gasteiger partial charge on any atom is 0.134 e. The minimum Gasteiger partial charge on any atom is -0.497 e. The van der Waals surface area contributed by atoms with E-state index >= 15 is 0 Å². The molecule has 5 atom stereocenters. The van der Waals surface area contributed by atoms with Crippen LogP contribution in [0.15, 0.2) is 12.1 Å². The van der Waals surface area contributed by atoms with Crippen molar-refractivity contribution in [3.8, 4) is 5.75 Å². The second-order valence-electron chi connectivity index (χ2n) is 5.39. The van der Waals surface area contributed by atoms with Crippen molar-refractivity contribution in [2.75, 3.05) is 7.11 Å². The largest absolute Gasteiger partial charge is 0.497 e. The van der Waals surface area contributed by atoms with E-state index in [0.29, 0.717) is 0 Å². The van der Waals surface area contributed by atoms with Crippen LogP contribution in [-0.4, -0.2) is 19.3 Å². The van der Waals surface area contributed by atoms with E-state index in [-0.39, 0.29) is 35.4 Å². The molecule has 0 saturated carbocycles. The number of hydrogen-bond donors (Lipinski definition) is 0. The zero-order valence-corrected chi connectivity index (χ0v) is 13.6. The number of benzene rings is 1. The Morgan fingerprint density at radius 3 is 2.10 bits per heavy atom. The van der Waals surface area contributed by atoms with Crippen LogP contribution in [0.1, 0.15) is 31.2 Å². The highest BCUT2D eigenvalue weighted by molar-refractivity contribution is 9.09. The molecule has 0 amide bonds. The van der Waals surface area contributed by atoms with Crippen molar-refractivity contribution >= 4 is 15.9 Å². The standard InChI is InChI=1S/C15H19BrF2O2/c1-7-8(2)20-9(3)13(7)15(16)14-11(17)5-10(19-4)6-12(14)18/h5-9,13,15H,1-4H3. The smallest absolute Gasteiger partial charge is 0.134 e. The zero-order valence-electron chi connectivity index (χ0n) is 12.0. The highest BCUT2D eigenvalue weighted by atomic mass is 79.9. The summed E-state index contributed by atoms with van der Waals surface area (Å²) in [7, 11) is 1.39. The second-order valence-corrected chi connectivity index (χ2v) is 6.38. The summed E-state index contributed by atoms with van der Waals surface area (Å²) in [6.45, 7) is 5.98. The van der Waals surface area contributed by atoms with E-state index in [2.05, 4.69) is 15.9 Å². The van der Waals surface area contributed by atoms with E-state index < -0.39 is 16.5 Å². The van der Waals surface area contributed by atoms with Gasteiger partial charge in [0.15, 0.2) is 0 Å². The van der Waals surface area contributed by atoms with Gasteiger partial charge in [0.1, 0.15) is 17.4 Å². The summed E-state index contributed by atoms with van der Waals surface area (Å²) in [5.41, 5.74) is 0.0483. The molecule has 112 valence electrons. The van der Waals surface area contributed by atoms with Crippen LogP contribution in [0.4, 0.5) is 8.78 Å². The summed E-state index contributed by atoms with van der Waals surface area (Å²) in [5, 5.41) is 0. The molecule has 0 aromatic heterocycles. The Bertz CT molecular complexity index is 472. The molecule has 20 heavy (non-hydrogen) atoms. The van der Waals surface area contributed by atoms with Gasteiger partial charge in [0.05, 0.1) is 24.1 Å². The van der Waals surface area contributed by atoms with Crippen LogP contribution < -0.4 is 4.74 Å². The zero-order chi connectivity index (χ0) is 15.0. The molecule has 1 aromatic rings. The Morgan fingerprint density at radius 1 is 1.15 bits per heavy atom. The normalized spacial score (nSPS) is 31.4. The molecule has 2 rings (SSSR count). The van der Waals surface area contributed by atoms with Gasteiger partial charge in [-0.2, -0.15) is 0 Å². The Morgan fingerprint density at radius 2 is 1.70 bits per heavy atom.